The highest BCUT2D eigenvalue weighted by atomic mass is 16.6. The fraction of sp³-hybridized carbons (Fsp3) is 0.300. The molecule has 6 nitrogen and oxygen atoms in total. The normalized spacial score (nSPS) is 11.4. The molecule has 26 heavy (non-hydrogen) atoms. The Balaban J connectivity index is 1.94. The smallest absolute Gasteiger partial charge is 0.410 e. The Hall–Kier alpha value is -3.02. The summed E-state index contributed by atoms with van der Waals surface area (Å²) in [5, 5.41) is 2.78. The van der Waals surface area contributed by atoms with Gasteiger partial charge in [0, 0.05) is 25.4 Å². The van der Waals surface area contributed by atoms with Crippen LogP contribution < -0.4 is 5.32 Å². The maximum atomic E-state index is 12.0. The summed E-state index contributed by atoms with van der Waals surface area (Å²) in [6.07, 6.45) is 4.14. The average Bonchev–Trinajstić information content (AvgIpc) is 3.05. The van der Waals surface area contributed by atoms with Crippen LogP contribution in [0.5, 0.6) is 0 Å². The van der Waals surface area contributed by atoms with Crippen LogP contribution in [0.3, 0.4) is 0 Å². The SMILES string of the molecule is CN(Cc1cccc(NC(=O)C=Cc2ccco2)c1)C(=O)OC(C)(C)C. The van der Waals surface area contributed by atoms with Gasteiger partial charge in [-0.3, -0.25) is 4.79 Å². The van der Waals surface area contributed by atoms with Crippen LogP contribution in [0.15, 0.2) is 53.2 Å². The van der Waals surface area contributed by atoms with Crippen molar-refractivity contribution in [3.8, 4) is 0 Å². The monoisotopic (exact) mass is 356 g/mol. The molecule has 1 aromatic heterocycles. The van der Waals surface area contributed by atoms with E-state index in [2.05, 4.69) is 5.32 Å². The van der Waals surface area contributed by atoms with Gasteiger partial charge in [-0.2, -0.15) is 0 Å². The predicted octanol–water partition coefficient (Wildman–Crippen LogP) is 4.30. The van der Waals surface area contributed by atoms with Gasteiger partial charge in [0.05, 0.1) is 6.26 Å². The zero-order chi connectivity index (χ0) is 19.2. The van der Waals surface area contributed by atoms with Crippen LogP contribution in [0, 0.1) is 0 Å². The Labute approximate surface area is 153 Å². The fourth-order valence-corrected chi connectivity index (χ4v) is 2.15. The van der Waals surface area contributed by atoms with Crippen molar-refractivity contribution in [1.29, 1.82) is 0 Å². The van der Waals surface area contributed by atoms with E-state index >= 15 is 0 Å². The summed E-state index contributed by atoms with van der Waals surface area (Å²) in [5.41, 5.74) is 0.988. The summed E-state index contributed by atoms with van der Waals surface area (Å²) < 4.78 is 10.5. The second kappa shape index (κ2) is 8.38. The summed E-state index contributed by atoms with van der Waals surface area (Å²) in [4.78, 5) is 25.5. The lowest BCUT2D eigenvalue weighted by atomic mass is 10.2. The van der Waals surface area contributed by atoms with Gasteiger partial charge in [0.25, 0.3) is 0 Å². The lowest BCUT2D eigenvalue weighted by Gasteiger charge is -2.24. The van der Waals surface area contributed by atoms with E-state index in [0.717, 1.165) is 5.56 Å². The Bertz CT molecular complexity index is 773. The molecule has 0 aliphatic rings. The van der Waals surface area contributed by atoms with Crippen LogP contribution in [0.2, 0.25) is 0 Å². The number of hydrogen-bond acceptors (Lipinski definition) is 4. The van der Waals surface area contributed by atoms with Gasteiger partial charge in [0.2, 0.25) is 5.91 Å². The van der Waals surface area contributed by atoms with Crippen LogP contribution in [0.1, 0.15) is 32.1 Å². The molecule has 1 N–H and O–H groups in total. The number of carbonyl (C=O) groups is 2. The highest BCUT2D eigenvalue weighted by Gasteiger charge is 2.19. The quantitative estimate of drug-likeness (QED) is 0.811. The number of anilines is 1. The molecule has 0 bridgehead atoms. The van der Waals surface area contributed by atoms with Crippen molar-refractivity contribution in [1.82, 2.24) is 4.90 Å². The van der Waals surface area contributed by atoms with Crippen LogP contribution in [-0.2, 0) is 16.1 Å². The van der Waals surface area contributed by atoms with E-state index in [0.29, 0.717) is 18.0 Å². The molecule has 1 aromatic carbocycles. The van der Waals surface area contributed by atoms with Gasteiger partial charge in [-0.15, -0.1) is 0 Å². The summed E-state index contributed by atoms with van der Waals surface area (Å²) in [7, 11) is 1.67. The number of nitrogens with one attached hydrogen (secondary N) is 1. The molecule has 2 aromatic rings. The van der Waals surface area contributed by atoms with Crippen molar-refractivity contribution in [2.45, 2.75) is 32.9 Å². The molecule has 0 aliphatic heterocycles. The molecule has 0 radical (unpaired) electrons. The molecule has 0 saturated carbocycles. The Kier molecular flexibility index (Phi) is 6.22. The first-order valence-electron chi connectivity index (χ1n) is 8.28. The summed E-state index contributed by atoms with van der Waals surface area (Å²) in [5.74, 6) is 0.340. The standard InChI is InChI=1S/C20H24N2O4/c1-20(2,3)26-19(24)22(4)14-15-7-5-8-16(13-15)21-18(23)11-10-17-9-6-12-25-17/h5-13H,14H2,1-4H3,(H,21,23). The molecule has 0 unspecified atom stereocenters. The van der Waals surface area contributed by atoms with E-state index in [-0.39, 0.29) is 5.91 Å². The van der Waals surface area contributed by atoms with Gasteiger partial charge in [-0.1, -0.05) is 12.1 Å². The number of furan rings is 1. The fourth-order valence-electron chi connectivity index (χ4n) is 2.15. The zero-order valence-corrected chi connectivity index (χ0v) is 15.5. The minimum absolute atomic E-state index is 0.265. The first-order valence-corrected chi connectivity index (χ1v) is 8.28. The lowest BCUT2D eigenvalue weighted by molar-refractivity contribution is -0.111. The first kappa shape index (κ1) is 19.3. The molecule has 0 fully saturated rings. The highest BCUT2D eigenvalue weighted by molar-refractivity contribution is 6.01. The average molecular weight is 356 g/mol. The van der Waals surface area contributed by atoms with Gasteiger partial charge < -0.3 is 19.4 Å². The Morgan fingerprint density at radius 3 is 2.65 bits per heavy atom. The lowest BCUT2D eigenvalue weighted by Crippen LogP contribution is -2.33. The Morgan fingerprint density at radius 2 is 2.00 bits per heavy atom. The minimum atomic E-state index is -0.540. The third-order valence-corrected chi connectivity index (χ3v) is 3.26. The van der Waals surface area contributed by atoms with Crippen LogP contribution >= 0.6 is 0 Å². The van der Waals surface area contributed by atoms with E-state index < -0.39 is 11.7 Å². The summed E-state index contributed by atoms with van der Waals surface area (Å²) in [6.45, 7) is 5.85. The van der Waals surface area contributed by atoms with E-state index in [9.17, 15) is 9.59 Å². The maximum Gasteiger partial charge on any atom is 0.410 e. The molecule has 138 valence electrons. The van der Waals surface area contributed by atoms with E-state index in [1.807, 2.05) is 39.0 Å². The number of hydrogen-bond donors (Lipinski definition) is 1. The van der Waals surface area contributed by atoms with Crippen molar-refractivity contribution in [2.24, 2.45) is 0 Å². The van der Waals surface area contributed by atoms with Gasteiger partial charge in [0.15, 0.2) is 0 Å². The first-order chi connectivity index (χ1) is 12.2. The zero-order valence-electron chi connectivity index (χ0n) is 15.5. The molecular weight excluding hydrogens is 332 g/mol. The van der Waals surface area contributed by atoms with E-state index in [1.165, 1.54) is 11.0 Å². The van der Waals surface area contributed by atoms with Crippen molar-refractivity contribution in [2.75, 3.05) is 12.4 Å². The second-order valence-corrected chi connectivity index (χ2v) is 6.87. The van der Waals surface area contributed by atoms with Gasteiger partial charge >= 0.3 is 6.09 Å². The van der Waals surface area contributed by atoms with Crippen molar-refractivity contribution in [3.05, 3.63) is 60.1 Å². The highest BCUT2D eigenvalue weighted by Crippen LogP contribution is 2.15. The predicted molar refractivity (Wildman–Crippen MR) is 101 cm³/mol. The van der Waals surface area contributed by atoms with Crippen LogP contribution in [0.4, 0.5) is 10.5 Å². The number of carbonyl (C=O) groups excluding carboxylic acids is 2. The van der Waals surface area contributed by atoms with Gasteiger partial charge in [-0.25, -0.2) is 4.79 Å². The number of rotatable bonds is 5. The molecule has 0 atom stereocenters. The maximum absolute atomic E-state index is 12.0. The molecule has 0 aliphatic carbocycles. The van der Waals surface area contributed by atoms with E-state index in [1.54, 1.807) is 37.6 Å². The summed E-state index contributed by atoms with van der Waals surface area (Å²) >= 11 is 0. The summed E-state index contributed by atoms with van der Waals surface area (Å²) in [6, 6.07) is 10.8. The second-order valence-electron chi connectivity index (χ2n) is 6.87. The molecular formula is C20H24N2O4. The van der Waals surface area contributed by atoms with Crippen molar-refractivity contribution < 1.29 is 18.7 Å². The molecule has 2 amide bonds. The third-order valence-electron chi connectivity index (χ3n) is 3.26. The molecule has 0 spiro atoms. The number of benzene rings is 1. The number of nitrogens with zero attached hydrogens (tertiary/aromatic N) is 1. The molecule has 1 heterocycles. The van der Waals surface area contributed by atoms with Crippen molar-refractivity contribution >= 4 is 23.8 Å². The van der Waals surface area contributed by atoms with Gasteiger partial charge in [0.1, 0.15) is 11.4 Å². The third kappa shape index (κ3) is 6.47. The van der Waals surface area contributed by atoms with Crippen LogP contribution in [-0.4, -0.2) is 29.5 Å². The number of ether oxygens (including phenoxy) is 1. The Morgan fingerprint density at radius 1 is 1.23 bits per heavy atom. The van der Waals surface area contributed by atoms with Crippen molar-refractivity contribution in [3.63, 3.8) is 0 Å². The molecule has 6 heteroatoms. The van der Waals surface area contributed by atoms with E-state index in [4.69, 9.17) is 9.15 Å². The largest absolute Gasteiger partial charge is 0.465 e. The molecule has 0 saturated heterocycles. The topological polar surface area (TPSA) is 71.8 Å². The molecule has 2 rings (SSSR count). The minimum Gasteiger partial charge on any atom is -0.465 e. The van der Waals surface area contributed by atoms with Gasteiger partial charge in [-0.05, 0) is 56.7 Å². The van der Waals surface area contributed by atoms with Crippen LogP contribution in [0.25, 0.3) is 6.08 Å². The number of amides is 2.